The van der Waals surface area contributed by atoms with Crippen molar-refractivity contribution in [2.24, 2.45) is 0 Å². The molecule has 193 valence electrons. The molecule has 1 radical (unpaired) electrons. The maximum Gasteiger partial charge on any atom is 0.121 e. The molecule has 7 aromatic rings. The summed E-state index contributed by atoms with van der Waals surface area (Å²) in [6.45, 7) is -7.27. The molecule has 0 aliphatic carbocycles. The van der Waals surface area contributed by atoms with Crippen molar-refractivity contribution in [3.63, 3.8) is 0 Å². The third kappa shape index (κ3) is 5.40. The Morgan fingerprint density at radius 1 is 0.692 bits per heavy atom. The second-order valence-electron chi connectivity index (χ2n) is 8.72. The molecule has 3 aromatic heterocycles. The monoisotopic (exact) mass is 692 g/mol. The van der Waals surface area contributed by atoms with Crippen molar-refractivity contribution in [2.45, 2.75) is 20.6 Å². The molecule has 39 heavy (non-hydrogen) atoms. The van der Waals surface area contributed by atoms with Gasteiger partial charge in [0.2, 0.25) is 0 Å². The van der Waals surface area contributed by atoms with E-state index in [-0.39, 0.29) is 36.8 Å². The van der Waals surface area contributed by atoms with E-state index >= 15 is 0 Å². The van der Waals surface area contributed by atoms with E-state index in [0.717, 1.165) is 39.0 Å². The number of hydrogen-bond donors (Lipinski definition) is 0. The maximum atomic E-state index is 7.81. The van der Waals surface area contributed by atoms with Gasteiger partial charge in [0.25, 0.3) is 0 Å². The Kier molecular flexibility index (Phi) is 5.07. The van der Waals surface area contributed by atoms with Crippen LogP contribution in [0.15, 0.2) is 108 Å². The molecule has 0 spiro atoms. The zero-order valence-electron chi connectivity index (χ0n) is 29.5. The molecule has 3 heterocycles. The van der Waals surface area contributed by atoms with Crippen LogP contribution in [0.1, 0.15) is 29.0 Å². The minimum atomic E-state index is -2.60. The van der Waals surface area contributed by atoms with Crippen molar-refractivity contribution in [3.8, 4) is 22.5 Å². The minimum Gasteiger partial charge on any atom is -0.501 e. The summed E-state index contributed by atoms with van der Waals surface area (Å²) < 4.78 is 74.3. The summed E-state index contributed by atoms with van der Waals surface area (Å²) in [6.07, 6.45) is 2.51. The molecule has 0 atom stereocenters. The number of aromatic nitrogens is 2. The molecule has 0 saturated carbocycles. The van der Waals surface area contributed by atoms with Crippen molar-refractivity contribution >= 4 is 32.7 Å². The molecule has 0 amide bonds. The second kappa shape index (κ2) is 11.3. The minimum absolute atomic E-state index is 0. The van der Waals surface area contributed by atoms with Crippen LogP contribution in [0.25, 0.3) is 55.2 Å². The third-order valence-electron chi connectivity index (χ3n) is 6.21. The van der Waals surface area contributed by atoms with Gasteiger partial charge in [0.1, 0.15) is 5.58 Å². The van der Waals surface area contributed by atoms with Crippen molar-refractivity contribution in [3.05, 3.63) is 132 Å². The van der Waals surface area contributed by atoms with Gasteiger partial charge in [-0.25, -0.2) is 0 Å². The number of fused-ring (bicyclic) bond motifs is 4. The predicted octanol–water partition coefficient (Wildman–Crippen LogP) is 9.07. The molecule has 0 N–H and O–H groups in total. The third-order valence-corrected chi connectivity index (χ3v) is 6.21. The first kappa shape index (κ1) is 17.5. The largest absolute Gasteiger partial charge is 0.501 e. The van der Waals surface area contributed by atoms with Gasteiger partial charge in [0.05, 0.1) is 5.58 Å². The number of rotatable bonds is 2. The van der Waals surface area contributed by atoms with E-state index in [1.165, 1.54) is 12.3 Å². The molecule has 4 heteroatoms. The van der Waals surface area contributed by atoms with Crippen molar-refractivity contribution in [1.82, 2.24) is 9.97 Å². The first-order valence-electron chi connectivity index (χ1n) is 16.4. The van der Waals surface area contributed by atoms with Gasteiger partial charge < -0.3 is 14.4 Å². The Bertz CT molecular complexity index is 2210. The number of benzene rings is 4. The van der Waals surface area contributed by atoms with E-state index in [2.05, 4.69) is 28.2 Å². The van der Waals surface area contributed by atoms with E-state index in [4.69, 9.17) is 16.8 Å². The Hall–Kier alpha value is -4.11. The van der Waals surface area contributed by atoms with Gasteiger partial charge in [0.15, 0.2) is 0 Å². The number of aryl methyl sites for hydroxylation is 3. The zero-order valence-corrected chi connectivity index (χ0v) is 22.8. The predicted molar refractivity (Wildman–Crippen MR) is 156 cm³/mol. The van der Waals surface area contributed by atoms with E-state index in [9.17, 15) is 0 Å². The van der Waals surface area contributed by atoms with Crippen LogP contribution in [0, 0.1) is 32.7 Å². The van der Waals surface area contributed by atoms with Crippen LogP contribution in [-0.4, -0.2) is 9.97 Å². The summed E-state index contributed by atoms with van der Waals surface area (Å²) in [5, 5.41) is 3.91. The second-order valence-corrected chi connectivity index (χ2v) is 8.72. The van der Waals surface area contributed by atoms with E-state index in [0.29, 0.717) is 22.4 Å². The molecular formula is C35H26IrN2O-2. The van der Waals surface area contributed by atoms with Gasteiger partial charge in [-0.1, -0.05) is 59.0 Å². The summed E-state index contributed by atoms with van der Waals surface area (Å²) in [6, 6.07) is 33.8. The summed E-state index contributed by atoms with van der Waals surface area (Å²) in [5.41, 5.74) is 3.33. The van der Waals surface area contributed by atoms with Crippen molar-refractivity contribution in [2.75, 3.05) is 0 Å². The molecule has 0 bridgehead atoms. The maximum absolute atomic E-state index is 7.81. The molecule has 0 fully saturated rings. The van der Waals surface area contributed by atoms with Crippen LogP contribution in [0.5, 0.6) is 0 Å². The quantitative estimate of drug-likeness (QED) is 0.170. The van der Waals surface area contributed by atoms with Gasteiger partial charge in [-0.05, 0) is 66.0 Å². The van der Waals surface area contributed by atoms with Gasteiger partial charge >= 0.3 is 0 Å². The van der Waals surface area contributed by atoms with Gasteiger partial charge in [-0.15, -0.1) is 54.1 Å². The average Bonchev–Trinajstić information content (AvgIpc) is 3.40. The Labute approximate surface area is 254 Å². The topological polar surface area (TPSA) is 38.9 Å². The standard InChI is InChI=1S/C23H16NO.C12H10N.Ir/c1-14-10-21(24-13-15(14)2)19-9-5-8-18-20-11-16-6-3-4-7-17(16)12-22(20)25-23(18)19;1-10-7-8-12(13-9-10)11-5-3-2-4-6-11;/h3-8,10-13H,1-2H3;2-5,7-9H,1H3;/q2*-1;/i1D3,2D3;1D3;. The summed E-state index contributed by atoms with van der Waals surface area (Å²) in [4.78, 5) is 8.39. The molecule has 0 unspecified atom stereocenters. The van der Waals surface area contributed by atoms with Crippen LogP contribution in [0.4, 0.5) is 0 Å². The fourth-order valence-corrected chi connectivity index (χ4v) is 4.31. The first-order chi connectivity index (χ1) is 22.2. The Morgan fingerprint density at radius 3 is 2.26 bits per heavy atom. The first-order valence-corrected chi connectivity index (χ1v) is 11.9. The van der Waals surface area contributed by atoms with Crippen molar-refractivity contribution < 1.29 is 36.9 Å². The normalized spacial score (nSPS) is 15.1. The van der Waals surface area contributed by atoms with Gasteiger partial charge in [-0.3, -0.25) is 0 Å². The van der Waals surface area contributed by atoms with Crippen LogP contribution >= 0.6 is 0 Å². The summed E-state index contributed by atoms with van der Waals surface area (Å²) in [7, 11) is 0. The van der Waals surface area contributed by atoms with Crippen molar-refractivity contribution in [1.29, 1.82) is 0 Å². The van der Waals surface area contributed by atoms with Gasteiger partial charge in [0, 0.05) is 50.2 Å². The fraction of sp³-hybridized carbons (Fsp3) is 0.0857. The number of hydrogen-bond acceptors (Lipinski definition) is 3. The molecule has 4 aromatic carbocycles. The molecule has 7 rings (SSSR count). The average molecular weight is 692 g/mol. The molecule has 0 aliphatic rings. The molecule has 0 saturated heterocycles. The fourth-order valence-electron chi connectivity index (χ4n) is 4.31. The molecule has 3 nitrogen and oxygen atoms in total. The Balaban J connectivity index is 0.000000224. The molecular weight excluding hydrogens is 657 g/mol. The zero-order chi connectivity index (χ0) is 33.6. The van der Waals surface area contributed by atoms with E-state index in [1.807, 2.05) is 54.6 Å². The molecule has 0 aliphatic heterocycles. The van der Waals surface area contributed by atoms with E-state index < -0.39 is 20.6 Å². The van der Waals surface area contributed by atoms with Gasteiger partial charge in [-0.2, -0.15) is 0 Å². The smallest absolute Gasteiger partial charge is 0.121 e. The Morgan fingerprint density at radius 2 is 1.51 bits per heavy atom. The number of furan rings is 1. The van der Waals surface area contributed by atoms with Crippen LogP contribution in [0.3, 0.4) is 0 Å². The van der Waals surface area contributed by atoms with Crippen LogP contribution < -0.4 is 0 Å². The SMILES string of the molecule is [2H]C([2H])([2H])c1ccc(-c2[c-]cccc2)nc1.[2H]C([2H])([2H])c1cnc(-c2[c-]ccc3c2oc2cc4ccccc4cc23)cc1C([2H])([2H])[2H].[Ir]. The number of nitrogens with zero attached hydrogens (tertiary/aromatic N) is 2. The van der Waals surface area contributed by atoms with Crippen LogP contribution in [0.2, 0.25) is 0 Å². The number of pyridine rings is 2. The summed E-state index contributed by atoms with van der Waals surface area (Å²) in [5.74, 6) is 0. The summed E-state index contributed by atoms with van der Waals surface area (Å²) >= 11 is 0. The van der Waals surface area contributed by atoms with E-state index in [1.54, 1.807) is 24.3 Å². The van der Waals surface area contributed by atoms with Crippen LogP contribution in [-0.2, 0) is 20.1 Å².